The Labute approximate surface area is 184 Å². The molecule has 0 spiro atoms. The second-order valence-electron chi connectivity index (χ2n) is 6.99. The molecule has 0 heterocycles. The summed E-state index contributed by atoms with van der Waals surface area (Å²) in [6, 6.07) is 26.7. The Morgan fingerprint density at radius 2 is 1.72 bits per heavy atom. The highest BCUT2D eigenvalue weighted by molar-refractivity contribution is 9.10. The number of rotatable bonds is 6. The molecular weight excluding hydrogens is 446 g/mol. The maximum absolute atomic E-state index is 6.24. The van der Waals surface area contributed by atoms with Crippen molar-refractivity contribution < 1.29 is 4.74 Å². The van der Waals surface area contributed by atoms with Crippen molar-refractivity contribution in [2.75, 3.05) is 5.32 Å². The Kier molecular flexibility index (Phi) is 6.08. The van der Waals surface area contributed by atoms with Gasteiger partial charge in [0.2, 0.25) is 0 Å². The van der Waals surface area contributed by atoms with Gasteiger partial charge in [-0.2, -0.15) is 0 Å². The first-order valence-electron chi connectivity index (χ1n) is 9.48. The zero-order chi connectivity index (χ0) is 20.2. The van der Waals surface area contributed by atoms with Gasteiger partial charge in [-0.05, 0) is 59.2 Å². The van der Waals surface area contributed by atoms with Crippen molar-refractivity contribution in [2.45, 2.75) is 20.1 Å². The summed E-state index contributed by atoms with van der Waals surface area (Å²) < 4.78 is 7.26. The van der Waals surface area contributed by atoms with E-state index >= 15 is 0 Å². The Morgan fingerprint density at radius 3 is 2.62 bits per heavy atom. The van der Waals surface area contributed by atoms with Crippen LogP contribution in [0.3, 0.4) is 0 Å². The van der Waals surface area contributed by atoms with E-state index in [0.29, 0.717) is 13.2 Å². The largest absolute Gasteiger partial charge is 0.489 e. The summed E-state index contributed by atoms with van der Waals surface area (Å²) in [5, 5.41) is 6.65. The highest BCUT2D eigenvalue weighted by Gasteiger charge is 2.08. The SMILES string of the molecule is Cc1ccc(Cl)cc1NCc1cc(Br)ccc1OCc1cccc2ccccc12. The molecule has 0 fully saturated rings. The summed E-state index contributed by atoms with van der Waals surface area (Å²) in [5.74, 6) is 0.869. The van der Waals surface area contributed by atoms with Gasteiger partial charge in [0.15, 0.2) is 0 Å². The maximum Gasteiger partial charge on any atom is 0.124 e. The monoisotopic (exact) mass is 465 g/mol. The van der Waals surface area contributed by atoms with E-state index < -0.39 is 0 Å². The Bertz CT molecular complexity index is 1150. The van der Waals surface area contributed by atoms with E-state index in [1.807, 2.05) is 30.3 Å². The van der Waals surface area contributed by atoms with Gasteiger partial charge in [0, 0.05) is 27.3 Å². The molecule has 29 heavy (non-hydrogen) atoms. The molecule has 0 atom stereocenters. The van der Waals surface area contributed by atoms with Crippen LogP contribution in [-0.4, -0.2) is 0 Å². The van der Waals surface area contributed by atoms with Gasteiger partial charge in [-0.25, -0.2) is 0 Å². The van der Waals surface area contributed by atoms with Crippen LogP contribution in [0.5, 0.6) is 5.75 Å². The van der Waals surface area contributed by atoms with Crippen LogP contribution in [0.15, 0.2) is 83.3 Å². The van der Waals surface area contributed by atoms with Crippen LogP contribution < -0.4 is 10.1 Å². The second kappa shape index (κ2) is 8.89. The zero-order valence-electron chi connectivity index (χ0n) is 16.1. The number of aryl methyl sites for hydroxylation is 1. The molecule has 0 saturated heterocycles. The number of hydrogen-bond acceptors (Lipinski definition) is 2. The topological polar surface area (TPSA) is 21.3 Å². The van der Waals surface area contributed by atoms with E-state index in [1.54, 1.807) is 0 Å². The van der Waals surface area contributed by atoms with E-state index in [4.69, 9.17) is 16.3 Å². The molecule has 0 unspecified atom stereocenters. The second-order valence-corrected chi connectivity index (χ2v) is 8.34. The number of halogens is 2. The average Bonchev–Trinajstić information content (AvgIpc) is 2.73. The molecule has 0 aliphatic carbocycles. The normalized spacial score (nSPS) is 10.9. The van der Waals surface area contributed by atoms with Crippen molar-refractivity contribution >= 4 is 44.0 Å². The summed E-state index contributed by atoms with van der Waals surface area (Å²) in [7, 11) is 0. The number of hydrogen-bond donors (Lipinski definition) is 1. The third kappa shape index (κ3) is 4.75. The lowest BCUT2D eigenvalue weighted by Gasteiger charge is -2.15. The van der Waals surface area contributed by atoms with Gasteiger partial charge in [0.1, 0.15) is 12.4 Å². The Balaban J connectivity index is 1.54. The van der Waals surface area contributed by atoms with Crippen molar-refractivity contribution in [3.63, 3.8) is 0 Å². The van der Waals surface area contributed by atoms with Crippen LogP contribution >= 0.6 is 27.5 Å². The van der Waals surface area contributed by atoms with E-state index in [2.05, 4.69) is 76.7 Å². The van der Waals surface area contributed by atoms with Crippen molar-refractivity contribution in [3.05, 3.63) is 105 Å². The molecule has 0 aliphatic heterocycles. The molecule has 0 saturated carbocycles. The number of anilines is 1. The van der Waals surface area contributed by atoms with Gasteiger partial charge in [-0.15, -0.1) is 0 Å². The summed E-state index contributed by atoms with van der Waals surface area (Å²) in [4.78, 5) is 0. The van der Waals surface area contributed by atoms with Crippen molar-refractivity contribution in [1.29, 1.82) is 0 Å². The lowest BCUT2D eigenvalue weighted by molar-refractivity contribution is 0.304. The maximum atomic E-state index is 6.24. The van der Waals surface area contributed by atoms with Crippen LogP contribution in [0.25, 0.3) is 10.8 Å². The lowest BCUT2D eigenvalue weighted by atomic mass is 10.1. The number of nitrogens with one attached hydrogen (secondary N) is 1. The molecule has 4 heteroatoms. The minimum atomic E-state index is 0.520. The minimum absolute atomic E-state index is 0.520. The van der Waals surface area contributed by atoms with Gasteiger partial charge in [-0.1, -0.05) is 76.1 Å². The van der Waals surface area contributed by atoms with Crippen molar-refractivity contribution in [2.24, 2.45) is 0 Å². The number of ether oxygens (including phenoxy) is 1. The fourth-order valence-electron chi connectivity index (χ4n) is 3.38. The molecule has 4 aromatic carbocycles. The smallest absolute Gasteiger partial charge is 0.124 e. The number of benzene rings is 4. The molecule has 4 aromatic rings. The van der Waals surface area contributed by atoms with Crippen molar-refractivity contribution in [3.8, 4) is 5.75 Å². The van der Waals surface area contributed by atoms with Gasteiger partial charge < -0.3 is 10.1 Å². The van der Waals surface area contributed by atoms with Crippen LogP contribution in [0, 0.1) is 6.92 Å². The summed E-state index contributed by atoms with van der Waals surface area (Å²) in [6.45, 7) is 3.23. The summed E-state index contributed by atoms with van der Waals surface area (Å²) >= 11 is 9.72. The molecule has 0 bridgehead atoms. The fraction of sp³-hybridized carbons (Fsp3) is 0.120. The highest BCUT2D eigenvalue weighted by Crippen LogP contribution is 2.28. The molecule has 0 aliphatic rings. The van der Waals surface area contributed by atoms with Crippen LogP contribution in [0.1, 0.15) is 16.7 Å². The van der Waals surface area contributed by atoms with E-state index in [9.17, 15) is 0 Å². The van der Waals surface area contributed by atoms with Crippen LogP contribution in [0.2, 0.25) is 5.02 Å². The molecular formula is C25H21BrClNO. The average molecular weight is 467 g/mol. The summed E-state index contributed by atoms with van der Waals surface area (Å²) in [6.07, 6.45) is 0. The van der Waals surface area contributed by atoms with Crippen LogP contribution in [0.4, 0.5) is 5.69 Å². The quantitative estimate of drug-likeness (QED) is 0.313. The van der Waals surface area contributed by atoms with E-state index in [0.717, 1.165) is 32.1 Å². The van der Waals surface area contributed by atoms with E-state index in [-0.39, 0.29) is 0 Å². The predicted molar refractivity (Wildman–Crippen MR) is 126 cm³/mol. The summed E-state index contributed by atoms with van der Waals surface area (Å²) in [5.41, 5.74) is 4.44. The molecule has 0 amide bonds. The zero-order valence-corrected chi connectivity index (χ0v) is 18.4. The third-order valence-electron chi connectivity index (χ3n) is 4.95. The molecule has 146 valence electrons. The van der Waals surface area contributed by atoms with Gasteiger partial charge >= 0.3 is 0 Å². The number of fused-ring (bicyclic) bond motifs is 1. The first kappa shape index (κ1) is 19.8. The molecule has 4 rings (SSSR count). The highest BCUT2D eigenvalue weighted by atomic mass is 79.9. The standard InChI is InChI=1S/C25H21BrClNO/c1-17-9-11-22(27)14-24(17)28-15-20-13-21(26)10-12-25(20)29-16-19-7-4-6-18-5-2-3-8-23(18)19/h2-14,28H,15-16H2,1H3. The third-order valence-corrected chi connectivity index (χ3v) is 5.68. The first-order valence-corrected chi connectivity index (χ1v) is 10.6. The Hall–Kier alpha value is -2.49. The predicted octanol–water partition coefficient (Wildman–Crippen LogP) is 7.76. The first-order chi connectivity index (χ1) is 14.1. The van der Waals surface area contributed by atoms with Gasteiger partial charge in [-0.3, -0.25) is 0 Å². The molecule has 2 nitrogen and oxygen atoms in total. The lowest BCUT2D eigenvalue weighted by Crippen LogP contribution is -2.05. The minimum Gasteiger partial charge on any atom is -0.489 e. The van der Waals surface area contributed by atoms with Crippen molar-refractivity contribution in [1.82, 2.24) is 0 Å². The van der Waals surface area contributed by atoms with Gasteiger partial charge in [0.25, 0.3) is 0 Å². The van der Waals surface area contributed by atoms with E-state index in [1.165, 1.54) is 16.3 Å². The van der Waals surface area contributed by atoms with Crippen LogP contribution in [-0.2, 0) is 13.2 Å². The molecule has 0 radical (unpaired) electrons. The Morgan fingerprint density at radius 1 is 0.897 bits per heavy atom. The molecule has 0 aromatic heterocycles. The van der Waals surface area contributed by atoms with Gasteiger partial charge in [0.05, 0.1) is 0 Å². The fourth-order valence-corrected chi connectivity index (χ4v) is 3.96. The molecule has 1 N–H and O–H groups in total.